The van der Waals surface area contributed by atoms with Gasteiger partial charge in [-0.2, -0.15) is 0 Å². The fourth-order valence-electron chi connectivity index (χ4n) is 0.864. The lowest BCUT2D eigenvalue weighted by Crippen LogP contribution is -2.40. The number of carbonyl (C=O) groups is 1. The molecule has 1 aliphatic rings. The number of esters is 1. The van der Waals surface area contributed by atoms with Gasteiger partial charge in [0.05, 0.1) is 6.08 Å². The summed E-state index contributed by atoms with van der Waals surface area (Å²) >= 11 is 0. The van der Waals surface area contributed by atoms with Gasteiger partial charge >= 0.3 is 5.97 Å². The second-order valence-corrected chi connectivity index (χ2v) is 2.57. The number of hydrogen-bond donors (Lipinski definition) is 1. The van der Waals surface area contributed by atoms with Crippen LogP contribution in [0.2, 0.25) is 0 Å². The maximum Gasteiger partial charge on any atom is 0.337 e. The Morgan fingerprint density at radius 3 is 2.73 bits per heavy atom. The van der Waals surface area contributed by atoms with Crippen molar-refractivity contribution >= 4 is 5.97 Å². The molecule has 0 aromatic rings. The van der Waals surface area contributed by atoms with Crippen LogP contribution in [-0.2, 0) is 14.3 Å². The van der Waals surface area contributed by atoms with Crippen LogP contribution in [0.15, 0.2) is 11.8 Å². The highest BCUT2D eigenvalue weighted by atomic mass is 16.7. The van der Waals surface area contributed by atoms with E-state index in [2.05, 4.69) is 0 Å². The van der Waals surface area contributed by atoms with Crippen molar-refractivity contribution in [1.29, 1.82) is 0 Å². The zero-order chi connectivity index (χ0) is 8.48. The largest absolute Gasteiger partial charge is 0.455 e. The molecule has 0 aromatic heterocycles. The van der Waals surface area contributed by atoms with Gasteiger partial charge in [0.15, 0.2) is 0 Å². The molecule has 0 saturated heterocycles. The Kier molecular flexibility index (Phi) is 1.87. The molecule has 0 fully saturated rings. The molecule has 0 radical (unpaired) electrons. The lowest BCUT2D eigenvalue weighted by Gasteiger charge is -2.30. The van der Waals surface area contributed by atoms with E-state index in [-0.39, 0.29) is 6.61 Å². The van der Waals surface area contributed by atoms with E-state index >= 15 is 0 Å². The minimum Gasteiger partial charge on any atom is -0.455 e. The van der Waals surface area contributed by atoms with Crippen LogP contribution in [-0.4, -0.2) is 23.5 Å². The zero-order valence-corrected chi connectivity index (χ0v) is 6.46. The van der Waals surface area contributed by atoms with Crippen LogP contribution in [0.5, 0.6) is 0 Å². The van der Waals surface area contributed by atoms with Crippen molar-refractivity contribution in [2.24, 2.45) is 0 Å². The van der Waals surface area contributed by atoms with Crippen molar-refractivity contribution in [1.82, 2.24) is 0 Å². The maximum absolute atomic E-state index is 10.8. The molecule has 1 rings (SSSR count). The van der Waals surface area contributed by atoms with Crippen LogP contribution in [0.1, 0.15) is 13.8 Å². The molecule has 1 unspecified atom stereocenters. The highest BCUT2D eigenvalue weighted by molar-refractivity contribution is 5.83. The predicted molar refractivity (Wildman–Crippen MR) is 36.4 cm³/mol. The fraction of sp³-hybridized carbons (Fsp3) is 0.571. The van der Waals surface area contributed by atoms with Gasteiger partial charge in [-0.15, -0.1) is 0 Å². The molecule has 0 bridgehead atoms. The van der Waals surface area contributed by atoms with E-state index in [1.165, 1.54) is 13.0 Å². The lowest BCUT2D eigenvalue weighted by molar-refractivity contribution is -0.225. The molecule has 0 saturated carbocycles. The molecule has 1 heterocycles. The van der Waals surface area contributed by atoms with Crippen LogP contribution < -0.4 is 0 Å². The summed E-state index contributed by atoms with van der Waals surface area (Å²) in [7, 11) is 0. The van der Waals surface area contributed by atoms with Crippen LogP contribution >= 0.6 is 0 Å². The number of ether oxygens (including phenoxy) is 2. The number of rotatable bonds is 1. The third kappa shape index (κ3) is 1.71. The Labute approximate surface area is 64.4 Å². The molecule has 4 heteroatoms. The van der Waals surface area contributed by atoms with Gasteiger partial charge in [0.2, 0.25) is 0 Å². The van der Waals surface area contributed by atoms with Gasteiger partial charge in [0, 0.05) is 6.92 Å². The molecule has 1 atom stereocenters. The molecule has 1 aliphatic heterocycles. The summed E-state index contributed by atoms with van der Waals surface area (Å²) in [5, 5.41) is 8.76. The first-order chi connectivity index (χ1) is 5.06. The first-order valence-electron chi connectivity index (χ1n) is 3.27. The zero-order valence-electron chi connectivity index (χ0n) is 6.46. The Morgan fingerprint density at radius 1 is 1.64 bits per heavy atom. The molecular formula is C7H10O4. The maximum atomic E-state index is 10.8. The number of allylic oxidation sites excluding steroid dienone is 1. The van der Waals surface area contributed by atoms with Crippen molar-refractivity contribution in [3.05, 3.63) is 11.8 Å². The second kappa shape index (κ2) is 2.54. The van der Waals surface area contributed by atoms with Crippen molar-refractivity contribution in [2.75, 3.05) is 6.61 Å². The molecule has 4 nitrogen and oxygen atoms in total. The van der Waals surface area contributed by atoms with E-state index in [9.17, 15) is 4.79 Å². The number of aliphatic hydroxyl groups is 1. The van der Waals surface area contributed by atoms with E-state index in [1.807, 2.05) is 0 Å². The van der Waals surface area contributed by atoms with Gasteiger partial charge in [-0.25, -0.2) is 4.79 Å². The summed E-state index contributed by atoms with van der Waals surface area (Å²) in [4.78, 5) is 10.8. The fourth-order valence-corrected chi connectivity index (χ4v) is 0.864. The smallest absolute Gasteiger partial charge is 0.337 e. The SMILES string of the molecule is CC1=CC(=O)OC(C)(CO)O1. The molecule has 11 heavy (non-hydrogen) atoms. The second-order valence-electron chi connectivity index (χ2n) is 2.57. The number of cyclic esters (lactones) is 1. The summed E-state index contributed by atoms with van der Waals surface area (Å²) in [6.45, 7) is 2.79. The van der Waals surface area contributed by atoms with Crippen molar-refractivity contribution < 1.29 is 19.4 Å². The monoisotopic (exact) mass is 158 g/mol. The average molecular weight is 158 g/mol. The Balaban J connectivity index is 2.79. The first kappa shape index (κ1) is 8.07. The summed E-state index contributed by atoms with van der Waals surface area (Å²) in [6, 6.07) is 0. The van der Waals surface area contributed by atoms with Gasteiger partial charge in [0.1, 0.15) is 12.4 Å². The van der Waals surface area contributed by atoms with Crippen LogP contribution in [0, 0.1) is 0 Å². The van der Waals surface area contributed by atoms with Crippen molar-refractivity contribution in [3.63, 3.8) is 0 Å². The minimum atomic E-state index is -1.20. The summed E-state index contributed by atoms with van der Waals surface area (Å²) in [5.74, 6) is -1.22. The van der Waals surface area contributed by atoms with Gasteiger partial charge in [-0.05, 0) is 6.92 Å². The van der Waals surface area contributed by atoms with E-state index in [4.69, 9.17) is 14.6 Å². The van der Waals surface area contributed by atoms with Crippen LogP contribution in [0.25, 0.3) is 0 Å². The Bertz CT molecular complexity index is 208. The third-order valence-corrected chi connectivity index (χ3v) is 1.30. The molecular weight excluding hydrogens is 148 g/mol. The number of carbonyl (C=O) groups excluding carboxylic acids is 1. The summed E-state index contributed by atoms with van der Waals surface area (Å²) in [5.41, 5.74) is 0. The summed E-state index contributed by atoms with van der Waals surface area (Å²) < 4.78 is 9.77. The van der Waals surface area contributed by atoms with Gasteiger partial charge in [-0.1, -0.05) is 0 Å². The van der Waals surface area contributed by atoms with E-state index < -0.39 is 11.8 Å². The highest BCUT2D eigenvalue weighted by Crippen LogP contribution is 2.21. The molecule has 62 valence electrons. The van der Waals surface area contributed by atoms with Gasteiger partial charge in [0.25, 0.3) is 5.79 Å². The third-order valence-electron chi connectivity index (χ3n) is 1.30. The molecule has 0 spiro atoms. The van der Waals surface area contributed by atoms with Crippen LogP contribution in [0.3, 0.4) is 0 Å². The molecule has 0 amide bonds. The van der Waals surface area contributed by atoms with Crippen molar-refractivity contribution in [2.45, 2.75) is 19.6 Å². The van der Waals surface area contributed by atoms with E-state index in [0.717, 1.165) is 0 Å². The van der Waals surface area contributed by atoms with E-state index in [1.54, 1.807) is 6.92 Å². The number of hydrogen-bond acceptors (Lipinski definition) is 4. The van der Waals surface area contributed by atoms with Crippen molar-refractivity contribution in [3.8, 4) is 0 Å². The van der Waals surface area contributed by atoms with E-state index in [0.29, 0.717) is 5.76 Å². The standard InChI is InChI=1S/C7H10O4/c1-5-3-6(9)11-7(2,4-8)10-5/h3,8H,4H2,1-2H3. The average Bonchev–Trinajstić information content (AvgIpc) is 1.84. The summed E-state index contributed by atoms with van der Waals surface area (Å²) in [6.07, 6.45) is 1.23. The Morgan fingerprint density at radius 2 is 2.27 bits per heavy atom. The normalized spacial score (nSPS) is 30.5. The van der Waals surface area contributed by atoms with Gasteiger partial charge < -0.3 is 14.6 Å². The molecule has 0 aromatic carbocycles. The van der Waals surface area contributed by atoms with Gasteiger partial charge in [-0.3, -0.25) is 0 Å². The quantitative estimate of drug-likeness (QED) is 0.553. The lowest BCUT2D eigenvalue weighted by atomic mass is 10.3. The predicted octanol–water partition coefficient (Wildman–Crippen LogP) is 0.172. The topological polar surface area (TPSA) is 55.8 Å². The molecule has 0 aliphatic carbocycles. The Hall–Kier alpha value is -1.03. The minimum absolute atomic E-state index is 0.343. The first-order valence-corrected chi connectivity index (χ1v) is 3.27. The molecule has 1 N–H and O–H groups in total. The van der Waals surface area contributed by atoms with Crippen LogP contribution in [0.4, 0.5) is 0 Å². The number of aliphatic hydroxyl groups excluding tert-OH is 1. The highest BCUT2D eigenvalue weighted by Gasteiger charge is 2.33.